The van der Waals surface area contributed by atoms with E-state index in [9.17, 15) is 24.3 Å². The molecule has 2 amide bonds. The van der Waals surface area contributed by atoms with Gasteiger partial charge in [0.25, 0.3) is 0 Å². The highest BCUT2D eigenvalue weighted by Crippen LogP contribution is 2.37. The zero-order valence-electron chi connectivity index (χ0n) is 23.6. The number of carbonyl (C=O) groups excluding carboxylic acids is 2. The van der Waals surface area contributed by atoms with E-state index in [1.807, 2.05) is 73.7 Å². The van der Waals surface area contributed by atoms with Gasteiger partial charge in [-0.25, -0.2) is 9.59 Å². The van der Waals surface area contributed by atoms with E-state index in [2.05, 4.69) is 10.6 Å². The number of hydrogen-bond acceptors (Lipinski definition) is 7. The minimum absolute atomic E-state index is 0.163. The number of thioether (sulfide) groups is 1. The Hall–Kier alpha value is -4.83. The molecule has 0 radical (unpaired) electrons. The molecule has 10 heteroatoms. The lowest BCUT2D eigenvalue weighted by Crippen LogP contribution is -2.47. The van der Waals surface area contributed by atoms with Gasteiger partial charge >= 0.3 is 11.6 Å². The van der Waals surface area contributed by atoms with Crippen molar-refractivity contribution in [1.29, 1.82) is 0 Å². The Morgan fingerprint density at radius 2 is 1.56 bits per heavy atom. The van der Waals surface area contributed by atoms with Gasteiger partial charge in [-0.05, 0) is 36.6 Å². The van der Waals surface area contributed by atoms with Crippen LogP contribution in [0.5, 0.6) is 0 Å². The molecule has 0 saturated carbocycles. The summed E-state index contributed by atoms with van der Waals surface area (Å²) < 4.78 is 11.5. The van der Waals surface area contributed by atoms with Crippen molar-refractivity contribution in [1.82, 2.24) is 10.6 Å². The fraction of sp³-hybridized carbons (Fsp3) is 0.212. The molecule has 0 unspecified atom stereocenters. The molecule has 3 N–H and O–H groups in total. The van der Waals surface area contributed by atoms with E-state index >= 15 is 0 Å². The van der Waals surface area contributed by atoms with Crippen LogP contribution in [0.4, 0.5) is 0 Å². The predicted octanol–water partition coefficient (Wildman–Crippen LogP) is 4.98. The van der Waals surface area contributed by atoms with Gasteiger partial charge in [0.05, 0.1) is 18.5 Å². The lowest BCUT2D eigenvalue weighted by molar-refractivity contribution is -0.141. The zero-order valence-corrected chi connectivity index (χ0v) is 24.5. The normalized spacial score (nSPS) is 11.9. The molecule has 9 nitrogen and oxygen atoms in total. The highest BCUT2D eigenvalue weighted by Gasteiger charge is 2.22. The molecule has 220 valence electrons. The van der Waals surface area contributed by atoms with Gasteiger partial charge in [0.1, 0.15) is 23.0 Å². The SMILES string of the molecule is Cc1oc2cc3oc(=O)c(CC(=O)NCC(=O)N[C@@H](CSCc4ccccc4)C(=O)O)c(C)c3cc2c1-c1ccccc1. The molecule has 0 saturated heterocycles. The second kappa shape index (κ2) is 13.0. The van der Waals surface area contributed by atoms with E-state index < -0.39 is 36.0 Å². The minimum atomic E-state index is -1.16. The smallest absolute Gasteiger partial charge is 0.340 e. The average molecular weight is 599 g/mol. The number of aliphatic carboxylic acids is 1. The molecule has 0 spiro atoms. The quantitative estimate of drug-likeness (QED) is 0.181. The van der Waals surface area contributed by atoms with Gasteiger partial charge in [0.2, 0.25) is 11.8 Å². The van der Waals surface area contributed by atoms with E-state index in [4.69, 9.17) is 8.83 Å². The molecule has 0 aliphatic heterocycles. The van der Waals surface area contributed by atoms with Gasteiger partial charge in [-0.15, -0.1) is 0 Å². The Labute approximate surface area is 251 Å². The van der Waals surface area contributed by atoms with Crippen molar-refractivity contribution >= 4 is 51.5 Å². The van der Waals surface area contributed by atoms with Crippen molar-refractivity contribution in [3.05, 3.63) is 106 Å². The van der Waals surface area contributed by atoms with Crippen LogP contribution in [0, 0.1) is 13.8 Å². The maximum absolute atomic E-state index is 12.9. The van der Waals surface area contributed by atoms with Gasteiger partial charge in [-0.3, -0.25) is 9.59 Å². The number of carboxylic acid groups (broad SMARTS) is 1. The maximum atomic E-state index is 12.9. The highest BCUT2D eigenvalue weighted by atomic mass is 32.2. The fourth-order valence-corrected chi connectivity index (χ4v) is 5.97. The highest BCUT2D eigenvalue weighted by molar-refractivity contribution is 7.98. The van der Waals surface area contributed by atoms with Crippen LogP contribution in [0.1, 0.15) is 22.5 Å². The first kappa shape index (κ1) is 29.7. The van der Waals surface area contributed by atoms with Crippen molar-refractivity contribution in [2.45, 2.75) is 32.1 Å². The summed E-state index contributed by atoms with van der Waals surface area (Å²) in [6.07, 6.45) is -0.305. The lowest BCUT2D eigenvalue weighted by Gasteiger charge is -2.15. The van der Waals surface area contributed by atoms with Crippen molar-refractivity contribution in [2.75, 3.05) is 12.3 Å². The first-order chi connectivity index (χ1) is 20.7. The molecule has 2 heterocycles. The molecule has 0 bridgehead atoms. The summed E-state index contributed by atoms with van der Waals surface area (Å²) in [6.45, 7) is 3.20. The number of hydrogen-bond donors (Lipinski definition) is 3. The van der Waals surface area contributed by atoms with Gasteiger partial charge in [0.15, 0.2) is 0 Å². The first-order valence-electron chi connectivity index (χ1n) is 13.7. The molecule has 2 aromatic heterocycles. The largest absolute Gasteiger partial charge is 0.480 e. The van der Waals surface area contributed by atoms with Crippen molar-refractivity contribution in [3.8, 4) is 11.1 Å². The van der Waals surface area contributed by atoms with Gasteiger partial charge in [-0.1, -0.05) is 60.7 Å². The number of fused-ring (bicyclic) bond motifs is 2. The monoisotopic (exact) mass is 598 g/mol. The summed E-state index contributed by atoms with van der Waals surface area (Å²) in [4.78, 5) is 49.7. The van der Waals surface area contributed by atoms with Crippen LogP contribution in [-0.4, -0.2) is 41.2 Å². The molecule has 0 fully saturated rings. The van der Waals surface area contributed by atoms with Crippen LogP contribution in [0.2, 0.25) is 0 Å². The average Bonchev–Trinajstić information content (AvgIpc) is 3.32. The molecule has 1 atom stereocenters. The van der Waals surface area contributed by atoms with Crippen LogP contribution >= 0.6 is 11.8 Å². The molecule has 0 aliphatic carbocycles. The van der Waals surface area contributed by atoms with Gasteiger partial charge in [0, 0.05) is 33.9 Å². The minimum Gasteiger partial charge on any atom is -0.480 e. The zero-order chi connectivity index (χ0) is 30.5. The van der Waals surface area contributed by atoms with Crippen LogP contribution in [0.25, 0.3) is 33.1 Å². The van der Waals surface area contributed by atoms with Crippen molar-refractivity contribution in [3.63, 3.8) is 0 Å². The topological polar surface area (TPSA) is 139 Å². The van der Waals surface area contributed by atoms with E-state index in [0.29, 0.717) is 27.9 Å². The summed E-state index contributed by atoms with van der Waals surface area (Å²) >= 11 is 1.38. The maximum Gasteiger partial charge on any atom is 0.340 e. The first-order valence-corrected chi connectivity index (χ1v) is 14.8. The molecule has 43 heavy (non-hydrogen) atoms. The van der Waals surface area contributed by atoms with E-state index in [0.717, 1.165) is 27.8 Å². The standard InChI is InChI=1S/C33H30N2O7S/c1-19-23-13-25-28(41-20(2)31(25)22-11-7-4-8-12-22)15-27(23)42-33(40)24(19)14-29(36)34-16-30(37)35-26(32(38)39)18-43-17-21-9-5-3-6-10-21/h3-13,15,26H,14,16-18H2,1-2H3,(H,34,36)(H,35,37)(H,38,39)/t26-/m0/s1. The Bertz CT molecular complexity index is 1860. The third-order valence-electron chi connectivity index (χ3n) is 7.15. The second-order valence-electron chi connectivity index (χ2n) is 10.1. The number of carboxylic acids is 1. The van der Waals surface area contributed by atoms with Crippen LogP contribution in [0.3, 0.4) is 0 Å². The van der Waals surface area contributed by atoms with Crippen molar-refractivity contribution in [2.24, 2.45) is 0 Å². The molecule has 5 rings (SSSR count). The summed E-state index contributed by atoms with van der Waals surface area (Å²) in [5.41, 5.74) is 4.01. The Morgan fingerprint density at radius 3 is 2.26 bits per heavy atom. The number of furan rings is 1. The second-order valence-corrected chi connectivity index (χ2v) is 11.2. The third-order valence-corrected chi connectivity index (χ3v) is 8.25. The number of rotatable bonds is 11. The molecule has 0 aliphatic rings. The summed E-state index contributed by atoms with van der Waals surface area (Å²) in [5, 5.41) is 16.0. The Kier molecular flexibility index (Phi) is 8.96. The number of carbonyl (C=O) groups is 3. The molecular weight excluding hydrogens is 568 g/mol. The summed E-state index contributed by atoms with van der Waals surface area (Å²) in [7, 11) is 0. The van der Waals surface area contributed by atoms with E-state index in [-0.39, 0.29) is 17.7 Å². The summed E-state index contributed by atoms with van der Waals surface area (Å²) in [5.74, 6) is -0.882. The van der Waals surface area contributed by atoms with Crippen LogP contribution in [-0.2, 0) is 26.6 Å². The van der Waals surface area contributed by atoms with Gasteiger partial charge in [-0.2, -0.15) is 11.8 Å². The fourth-order valence-electron chi connectivity index (χ4n) is 4.96. The van der Waals surface area contributed by atoms with Crippen molar-refractivity contribution < 1.29 is 28.3 Å². The van der Waals surface area contributed by atoms with E-state index in [1.165, 1.54) is 11.8 Å². The number of amides is 2. The predicted molar refractivity (Wildman–Crippen MR) is 166 cm³/mol. The Morgan fingerprint density at radius 1 is 0.884 bits per heavy atom. The lowest BCUT2D eigenvalue weighted by atomic mass is 9.98. The van der Waals surface area contributed by atoms with Crippen LogP contribution < -0.4 is 16.3 Å². The number of aryl methyl sites for hydroxylation is 2. The summed E-state index contributed by atoms with van der Waals surface area (Å²) in [6, 6.07) is 21.9. The molecular formula is C33H30N2O7S. The van der Waals surface area contributed by atoms with Crippen LogP contribution in [0.15, 0.2) is 86.4 Å². The molecule has 5 aromatic rings. The number of nitrogens with one attached hydrogen (secondary N) is 2. The molecule has 3 aromatic carbocycles. The Balaban J connectivity index is 1.26. The third kappa shape index (κ3) is 6.81. The van der Waals surface area contributed by atoms with E-state index in [1.54, 1.807) is 13.0 Å². The van der Waals surface area contributed by atoms with Gasteiger partial charge < -0.3 is 24.6 Å². The number of benzene rings is 3.